The zero-order valence-corrected chi connectivity index (χ0v) is 14.6. The molecular formula is C19H27N3O2. The normalized spacial score (nSPS) is 19.8. The van der Waals surface area contributed by atoms with Gasteiger partial charge in [0, 0.05) is 38.6 Å². The van der Waals surface area contributed by atoms with Gasteiger partial charge in [0.25, 0.3) is 0 Å². The summed E-state index contributed by atoms with van der Waals surface area (Å²) in [7, 11) is 0. The summed E-state index contributed by atoms with van der Waals surface area (Å²) in [6.07, 6.45) is 2.10. The van der Waals surface area contributed by atoms with Crippen molar-refractivity contribution in [3.05, 3.63) is 35.4 Å². The van der Waals surface area contributed by atoms with Crippen molar-refractivity contribution in [3.63, 3.8) is 0 Å². The van der Waals surface area contributed by atoms with Crippen molar-refractivity contribution in [2.45, 2.75) is 39.3 Å². The number of piperazine rings is 1. The summed E-state index contributed by atoms with van der Waals surface area (Å²) < 4.78 is 0. The molecule has 2 fully saturated rings. The first kappa shape index (κ1) is 17.0. The standard InChI is InChI=1S/C19H27N3O2/c1-14-3-5-16(6-4-14)13-20-18(23)15(2)21-9-11-22(12-10-21)19(24)17-7-8-17/h3-6,15,17H,7-13H2,1-2H3,(H,20,23). The molecule has 1 aromatic carbocycles. The number of nitrogens with one attached hydrogen (secondary N) is 1. The van der Waals surface area contributed by atoms with Gasteiger partial charge in [-0.2, -0.15) is 0 Å². The molecule has 2 amide bonds. The summed E-state index contributed by atoms with van der Waals surface area (Å²) in [5, 5.41) is 3.02. The highest BCUT2D eigenvalue weighted by molar-refractivity contribution is 5.82. The number of rotatable bonds is 5. The van der Waals surface area contributed by atoms with Crippen molar-refractivity contribution in [2.24, 2.45) is 5.92 Å². The van der Waals surface area contributed by atoms with Crippen LogP contribution in [0, 0.1) is 12.8 Å². The predicted molar refractivity (Wildman–Crippen MR) is 93.4 cm³/mol. The Morgan fingerprint density at radius 2 is 1.75 bits per heavy atom. The highest BCUT2D eigenvalue weighted by Gasteiger charge is 2.35. The van der Waals surface area contributed by atoms with Crippen molar-refractivity contribution in [2.75, 3.05) is 26.2 Å². The maximum absolute atomic E-state index is 12.4. The fraction of sp³-hybridized carbons (Fsp3) is 0.579. The first-order chi connectivity index (χ1) is 11.5. The average molecular weight is 329 g/mol. The molecule has 130 valence electrons. The fourth-order valence-electron chi connectivity index (χ4n) is 3.13. The summed E-state index contributed by atoms with van der Waals surface area (Å²) >= 11 is 0. The van der Waals surface area contributed by atoms with Gasteiger partial charge in [-0.05, 0) is 32.3 Å². The predicted octanol–water partition coefficient (Wildman–Crippen LogP) is 1.55. The molecule has 0 radical (unpaired) electrons. The van der Waals surface area contributed by atoms with Crippen LogP contribution in [0.4, 0.5) is 0 Å². The molecule has 1 atom stereocenters. The number of hydrogen-bond acceptors (Lipinski definition) is 3. The summed E-state index contributed by atoms with van der Waals surface area (Å²) in [4.78, 5) is 28.6. The van der Waals surface area contributed by atoms with Crippen LogP contribution in [0.3, 0.4) is 0 Å². The second-order valence-electron chi connectivity index (χ2n) is 7.01. The van der Waals surface area contributed by atoms with E-state index >= 15 is 0 Å². The SMILES string of the molecule is Cc1ccc(CNC(=O)C(C)N2CCN(C(=O)C3CC3)CC2)cc1. The fourth-order valence-corrected chi connectivity index (χ4v) is 3.13. The van der Waals surface area contributed by atoms with Crippen LogP contribution in [0.5, 0.6) is 0 Å². The van der Waals surface area contributed by atoms with Gasteiger partial charge in [0.1, 0.15) is 0 Å². The van der Waals surface area contributed by atoms with Crippen LogP contribution in [-0.4, -0.2) is 53.8 Å². The third-order valence-corrected chi connectivity index (χ3v) is 5.07. The zero-order chi connectivity index (χ0) is 17.1. The van der Waals surface area contributed by atoms with Crippen LogP contribution in [0.1, 0.15) is 30.9 Å². The van der Waals surface area contributed by atoms with Gasteiger partial charge in [0.15, 0.2) is 0 Å². The van der Waals surface area contributed by atoms with Gasteiger partial charge in [-0.1, -0.05) is 29.8 Å². The zero-order valence-electron chi connectivity index (χ0n) is 14.6. The Morgan fingerprint density at radius 3 is 2.33 bits per heavy atom. The van der Waals surface area contributed by atoms with E-state index in [-0.39, 0.29) is 17.9 Å². The van der Waals surface area contributed by atoms with E-state index < -0.39 is 0 Å². The van der Waals surface area contributed by atoms with E-state index in [4.69, 9.17) is 0 Å². The molecule has 5 heteroatoms. The molecule has 1 N–H and O–H groups in total. The largest absolute Gasteiger partial charge is 0.351 e. The number of hydrogen-bond donors (Lipinski definition) is 1. The highest BCUT2D eigenvalue weighted by atomic mass is 16.2. The molecular weight excluding hydrogens is 302 g/mol. The minimum atomic E-state index is -0.159. The van der Waals surface area contributed by atoms with Crippen molar-refractivity contribution in [3.8, 4) is 0 Å². The van der Waals surface area contributed by atoms with E-state index in [0.29, 0.717) is 12.5 Å². The summed E-state index contributed by atoms with van der Waals surface area (Å²) in [5.41, 5.74) is 2.33. The van der Waals surface area contributed by atoms with Gasteiger partial charge < -0.3 is 10.2 Å². The lowest BCUT2D eigenvalue weighted by molar-refractivity contribution is -0.135. The molecule has 1 aliphatic heterocycles. The van der Waals surface area contributed by atoms with Crippen molar-refractivity contribution in [1.82, 2.24) is 15.1 Å². The maximum Gasteiger partial charge on any atom is 0.237 e. The Labute approximate surface area is 144 Å². The van der Waals surface area contributed by atoms with E-state index in [1.165, 1.54) is 5.56 Å². The minimum absolute atomic E-state index is 0.0533. The molecule has 0 bridgehead atoms. The molecule has 2 aliphatic rings. The molecule has 3 rings (SSSR count). The van der Waals surface area contributed by atoms with E-state index in [1.54, 1.807) is 0 Å². The summed E-state index contributed by atoms with van der Waals surface area (Å²) in [6.45, 7) is 7.59. The molecule has 1 aliphatic carbocycles. The first-order valence-electron chi connectivity index (χ1n) is 8.90. The van der Waals surface area contributed by atoms with Crippen LogP contribution >= 0.6 is 0 Å². The topological polar surface area (TPSA) is 52.7 Å². The van der Waals surface area contributed by atoms with Gasteiger partial charge in [-0.25, -0.2) is 0 Å². The maximum atomic E-state index is 12.4. The third-order valence-electron chi connectivity index (χ3n) is 5.07. The smallest absolute Gasteiger partial charge is 0.237 e. The van der Waals surface area contributed by atoms with Gasteiger partial charge in [0.2, 0.25) is 11.8 Å². The first-order valence-corrected chi connectivity index (χ1v) is 8.90. The van der Waals surface area contributed by atoms with Crippen LogP contribution in [0.15, 0.2) is 24.3 Å². The number of carbonyl (C=O) groups excluding carboxylic acids is 2. The Bertz CT molecular complexity index is 587. The second-order valence-corrected chi connectivity index (χ2v) is 7.01. The van der Waals surface area contributed by atoms with Crippen LogP contribution < -0.4 is 5.32 Å². The lowest BCUT2D eigenvalue weighted by Gasteiger charge is -2.37. The van der Waals surface area contributed by atoms with Crippen LogP contribution in [-0.2, 0) is 16.1 Å². The lowest BCUT2D eigenvalue weighted by atomic mass is 10.1. The number of aryl methyl sites for hydroxylation is 1. The highest BCUT2D eigenvalue weighted by Crippen LogP contribution is 2.31. The summed E-state index contributed by atoms with van der Waals surface area (Å²) in [5.74, 6) is 0.649. The van der Waals surface area contributed by atoms with E-state index in [1.807, 2.05) is 24.0 Å². The van der Waals surface area contributed by atoms with Gasteiger partial charge in [-0.3, -0.25) is 14.5 Å². The number of amides is 2. The number of nitrogens with zero attached hydrogens (tertiary/aromatic N) is 2. The number of carbonyl (C=O) groups is 2. The van der Waals surface area contributed by atoms with E-state index in [9.17, 15) is 9.59 Å². The molecule has 1 unspecified atom stereocenters. The average Bonchev–Trinajstić information content (AvgIpc) is 3.45. The monoisotopic (exact) mass is 329 g/mol. The molecule has 1 saturated carbocycles. The molecule has 1 saturated heterocycles. The van der Waals surface area contributed by atoms with Crippen LogP contribution in [0.2, 0.25) is 0 Å². The second kappa shape index (κ2) is 7.34. The summed E-state index contributed by atoms with van der Waals surface area (Å²) in [6, 6.07) is 8.04. The van der Waals surface area contributed by atoms with E-state index in [2.05, 4.69) is 29.3 Å². The van der Waals surface area contributed by atoms with Crippen molar-refractivity contribution < 1.29 is 9.59 Å². The Balaban J connectivity index is 1.44. The van der Waals surface area contributed by atoms with Crippen molar-refractivity contribution in [1.29, 1.82) is 0 Å². The minimum Gasteiger partial charge on any atom is -0.351 e. The molecule has 0 aromatic heterocycles. The molecule has 5 nitrogen and oxygen atoms in total. The van der Waals surface area contributed by atoms with E-state index in [0.717, 1.165) is 44.6 Å². The van der Waals surface area contributed by atoms with Gasteiger partial charge in [0.05, 0.1) is 6.04 Å². The quantitative estimate of drug-likeness (QED) is 0.892. The molecule has 24 heavy (non-hydrogen) atoms. The van der Waals surface area contributed by atoms with Gasteiger partial charge in [-0.15, -0.1) is 0 Å². The number of benzene rings is 1. The third kappa shape index (κ3) is 4.15. The lowest BCUT2D eigenvalue weighted by Crippen LogP contribution is -2.55. The Kier molecular flexibility index (Phi) is 5.19. The molecule has 0 spiro atoms. The Hall–Kier alpha value is -1.88. The van der Waals surface area contributed by atoms with Crippen molar-refractivity contribution >= 4 is 11.8 Å². The molecule has 1 heterocycles. The van der Waals surface area contributed by atoms with Gasteiger partial charge >= 0.3 is 0 Å². The molecule has 1 aromatic rings. The van der Waals surface area contributed by atoms with Crippen LogP contribution in [0.25, 0.3) is 0 Å². The Morgan fingerprint density at radius 1 is 1.12 bits per heavy atom.